The molecule has 0 saturated heterocycles. The van der Waals surface area contributed by atoms with Crippen molar-refractivity contribution in [1.82, 2.24) is 5.16 Å². The van der Waals surface area contributed by atoms with Crippen LogP contribution in [0.1, 0.15) is 16.9 Å². The van der Waals surface area contributed by atoms with E-state index in [0.29, 0.717) is 0 Å². The second kappa shape index (κ2) is 4.70. The highest BCUT2D eigenvalue weighted by Gasteiger charge is 2.02. The Morgan fingerprint density at radius 2 is 2.12 bits per heavy atom. The van der Waals surface area contributed by atoms with Gasteiger partial charge in [-0.1, -0.05) is 33.2 Å². The summed E-state index contributed by atoms with van der Waals surface area (Å²) in [5.74, 6) is 1.58. The summed E-state index contributed by atoms with van der Waals surface area (Å²) in [5.41, 5.74) is 2.44. The largest absolute Gasteiger partial charge is 0.363 e. The molecule has 3 nitrogen and oxygen atoms in total. The maximum atomic E-state index is 4.98. The fraction of sp³-hybridized carbons (Fsp3) is 0.250. The minimum Gasteiger partial charge on any atom is -0.363 e. The fourth-order valence-corrected chi connectivity index (χ4v) is 2.06. The van der Waals surface area contributed by atoms with Gasteiger partial charge in [-0.25, -0.2) is 0 Å². The molecule has 16 heavy (non-hydrogen) atoms. The van der Waals surface area contributed by atoms with E-state index in [-0.39, 0.29) is 0 Å². The number of hydrogen-bond donors (Lipinski definition) is 1. The van der Waals surface area contributed by atoms with Crippen LogP contribution in [0.5, 0.6) is 0 Å². The van der Waals surface area contributed by atoms with Crippen molar-refractivity contribution < 1.29 is 4.52 Å². The van der Waals surface area contributed by atoms with E-state index in [4.69, 9.17) is 4.52 Å². The number of benzene rings is 1. The van der Waals surface area contributed by atoms with Gasteiger partial charge in [0.25, 0.3) is 0 Å². The average Bonchev–Trinajstić information content (AvgIpc) is 2.63. The van der Waals surface area contributed by atoms with Crippen LogP contribution in [-0.2, 0) is 6.54 Å². The number of rotatable bonds is 3. The molecule has 0 amide bonds. The van der Waals surface area contributed by atoms with E-state index in [1.165, 1.54) is 11.1 Å². The highest BCUT2D eigenvalue weighted by atomic mass is 79.9. The predicted octanol–water partition coefficient (Wildman–Crippen LogP) is 3.67. The smallest absolute Gasteiger partial charge is 0.169 e. The van der Waals surface area contributed by atoms with Crippen molar-refractivity contribution in [3.63, 3.8) is 0 Å². The normalized spacial score (nSPS) is 10.4. The Balaban J connectivity index is 2.04. The van der Waals surface area contributed by atoms with Gasteiger partial charge < -0.3 is 9.84 Å². The molecule has 84 valence electrons. The van der Waals surface area contributed by atoms with Gasteiger partial charge >= 0.3 is 0 Å². The zero-order valence-corrected chi connectivity index (χ0v) is 10.8. The Bertz CT molecular complexity index is 494. The fourth-order valence-electron chi connectivity index (χ4n) is 1.43. The van der Waals surface area contributed by atoms with Gasteiger partial charge in [-0.2, -0.15) is 0 Å². The molecule has 0 bridgehead atoms. The lowest BCUT2D eigenvalue weighted by molar-refractivity contribution is 0.399. The van der Waals surface area contributed by atoms with Crippen LogP contribution in [0.15, 0.2) is 33.3 Å². The van der Waals surface area contributed by atoms with Gasteiger partial charge in [0.15, 0.2) is 5.82 Å². The van der Waals surface area contributed by atoms with Gasteiger partial charge in [0.05, 0.1) is 0 Å². The summed E-state index contributed by atoms with van der Waals surface area (Å²) in [6.07, 6.45) is 0. The molecular weight excluding hydrogens is 268 g/mol. The summed E-state index contributed by atoms with van der Waals surface area (Å²) in [7, 11) is 0. The van der Waals surface area contributed by atoms with E-state index in [1.807, 2.05) is 13.0 Å². The van der Waals surface area contributed by atoms with Crippen LogP contribution in [0.4, 0.5) is 5.82 Å². The zero-order chi connectivity index (χ0) is 11.5. The third kappa shape index (κ3) is 2.64. The molecule has 1 aromatic carbocycles. The Hall–Kier alpha value is -1.29. The van der Waals surface area contributed by atoms with Crippen molar-refractivity contribution in [2.45, 2.75) is 20.4 Å². The van der Waals surface area contributed by atoms with Crippen LogP contribution >= 0.6 is 15.9 Å². The second-order valence-corrected chi connectivity index (χ2v) is 4.63. The third-order valence-corrected chi connectivity index (χ3v) is 3.03. The van der Waals surface area contributed by atoms with E-state index >= 15 is 0 Å². The first-order chi connectivity index (χ1) is 7.65. The summed E-state index contributed by atoms with van der Waals surface area (Å²) < 4.78 is 6.09. The molecule has 1 heterocycles. The van der Waals surface area contributed by atoms with Crippen molar-refractivity contribution in [3.05, 3.63) is 45.6 Å². The van der Waals surface area contributed by atoms with Gasteiger partial charge in [-0.05, 0) is 31.0 Å². The Morgan fingerprint density at radius 1 is 1.31 bits per heavy atom. The number of anilines is 1. The van der Waals surface area contributed by atoms with E-state index in [0.717, 1.165) is 22.6 Å². The first-order valence-electron chi connectivity index (χ1n) is 5.07. The second-order valence-electron chi connectivity index (χ2n) is 3.77. The number of halogens is 1. The third-order valence-electron chi connectivity index (χ3n) is 2.30. The standard InChI is InChI=1S/C12H13BrN2O/c1-8-3-4-10(11(13)5-8)7-14-12-6-9(2)16-15-12/h3-6H,7H2,1-2H3,(H,14,15). The Labute approximate surface area is 103 Å². The molecule has 0 aliphatic rings. The highest BCUT2D eigenvalue weighted by Crippen LogP contribution is 2.19. The van der Waals surface area contributed by atoms with E-state index < -0.39 is 0 Å². The highest BCUT2D eigenvalue weighted by molar-refractivity contribution is 9.10. The van der Waals surface area contributed by atoms with Crippen molar-refractivity contribution in [1.29, 1.82) is 0 Å². The first kappa shape index (κ1) is 11.2. The lowest BCUT2D eigenvalue weighted by Gasteiger charge is -2.05. The lowest BCUT2D eigenvalue weighted by atomic mass is 10.1. The lowest BCUT2D eigenvalue weighted by Crippen LogP contribution is -2.00. The van der Waals surface area contributed by atoms with Crippen LogP contribution < -0.4 is 5.32 Å². The molecule has 0 spiro atoms. The van der Waals surface area contributed by atoms with Crippen LogP contribution in [0.25, 0.3) is 0 Å². The van der Waals surface area contributed by atoms with Gasteiger partial charge in [0, 0.05) is 17.1 Å². The maximum absolute atomic E-state index is 4.98. The van der Waals surface area contributed by atoms with Crippen LogP contribution in [-0.4, -0.2) is 5.16 Å². The van der Waals surface area contributed by atoms with Gasteiger partial charge in [-0.15, -0.1) is 0 Å². The van der Waals surface area contributed by atoms with Crippen molar-refractivity contribution in [3.8, 4) is 0 Å². The number of aryl methyl sites for hydroxylation is 2. The molecule has 4 heteroatoms. The van der Waals surface area contributed by atoms with Crippen LogP contribution in [0.2, 0.25) is 0 Å². The molecule has 1 N–H and O–H groups in total. The summed E-state index contributed by atoms with van der Waals surface area (Å²) >= 11 is 3.54. The van der Waals surface area contributed by atoms with Crippen molar-refractivity contribution in [2.75, 3.05) is 5.32 Å². The molecule has 0 unspecified atom stereocenters. The molecular formula is C12H13BrN2O. The zero-order valence-electron chi connectivity index (χ0n) is 9.25. The topological polar surface area (TPSA) is 38.1 Å². The number of hydrogen-bond acceptors (Lipinski definition) is 3. The van der Waals surface area contributed by atoms with E-state index in [9.17, 15) is 0 Å². The number of aromatic nitrogens is 1. The quantitative estimate of drug-likeness (QED) is 0.932. The minimum atomic E-state index is 0.729. The average molecular weight is 281 g/mol. The molecule has 0 aliphatic heterocycles. The predicted molar refractivity (Wildman–Crippen MR) is 67.4 cm³/mol. The molecule has 0 fully saturated rings. The monoisotopic (exact) mass is 280 g/mol. The van der Waals surface area contributed by atoms with Gasteiger partial charge in [-0.3, -0.25) is 0 Å². The number of nitrogens with zero attached hydrogens (tertiary/aromatic N) is 1. The molecule has 2 rings (SSSR count). The van der Waals surface area contributed by atoms with E-state index in [2.05, 4.69) is 51.5 Å². The Morgan fingerprint density at radius 3 is 2.75 bits per heavy atom. The van der Waals surface area contributed by atoms with Crippen LogP contribution in [0, 0.1) is 13.8 Å². The molecule has 1 aromatic heterocycles. The molecule has 0 radical (unpaired) electrons. The molecule has 0 atom stereocenters. The summed E-state index contributed by atoms with van der Waals surface area (Å²) in [5, 5.41) is 7.08. The SMILES string of the molecule is Cc1ccc(CNc2cc(C)on2)c(Br)c1. The summed E-state index contributed by atoms with van der Waals surface area (Å²) in [4.78, 5) is 0. The maximum Gasteiger partial charge on any atom is 0.169 e. The van der Waals surface area contributed by atoms with Gasteiger partial charge in [0.2, 0.25) is 0 Å². The first-order valence-corrected chi connectivity index (χ1v) is 5.86. The molecule has 0 saturated carbocycles. The molecule has 2 aromatic rings. The van der Waals surface area contributed by atoms with Crippen LogP contribution in [0.3, 0.4) is 0 Å². The summed E-state index contributed by atoms with van der Waals surface area (Å²) in [6, 6.07) is 8.17. The van der Waals surface area contributed by atoms with Crippen molar-refractivity contribution in [2.24, 2.45) is 0 Å². The minimum absolute atomic E-state index is 0.729. The van der Waals surface area contributed by atoms with E-state index in [1.54, 1.807) is 0 Å². The Kier molecular flexibility index (Phi) is 3.29. The van der Waals surface area contributed by atoms with Gasteiger partial charge in [0.1, 0.15) is 5.76 Å². The summed E-state index contributed by atoms with van der Waals surface area (Å²) in [6.45, 7) is 4.68. The number of nitrogens with one attached hydrogen (secondary N) is 1. The molecule has 0 aliphatic carbocycles. The van der Waals surface area contributed by atoms with Crippen molar-refractivity contribution >= 4 is 21.7 Å².